The van der Waals surface area contributed by atoms with Crippen molar-refractivity contribution in [1.29, 1.82) is 0 Å². The van der Waals surface area contributed by atoms with Crippen LogP contribution in [0, 0.1) is 5.92 Å². The van der Waals surface area contributed by atoms with Gasteiger partial charge in [0, 0.05) is 17.9 Å². The van der Waals surface area contributed by atoms with E-state index in [4.69, 9.17) is 13.9 Å². The monoisotopic (exact) mass is 341 g/mol. The number of fused-ring (bicyclic) bond motifs is 3. The number of hydrogen-bond donors (Lipinski definition) is 0. The summed E-state index contributed by atoms with van der Waals surface area (Å²) >= 11 is 0. The molecule has 3 atom stereocenters. The Morgan fingerprint density at radius 1 is 1.28 bits per heavy atom. The highest BCUT2D eigenvalue weighted by molar-refractivity contribution is 6.09. The predicted molar refractivity (Wildman–Crippen MR) is 88.7 cm³/mol. The van der Waals surface area contributed by atoms with Crippen molar-refractivity contribution in [3.63, 3.8) is 0 Å². The van der Waals surface area contributed by atoms with Crippen LogP contribution in [0.15, 0.2) is 47.1 Å². The van der Waals surface area contributed by atoms with Crippen molar-refractivity contribution in [2.45, 2.75) is 31.6 Å². The normalized spacial score (nSPS) is 28.2. The van der Waals surface area contributed by atoms with Crippen LogP contribution in [0.5, 0.6) is 0 Å². The average Bonchev–Trinajstić information content (AvgIpc) is 3.15. The second kappa shape index (κ2) is 5.74. The van der Waals surface area contributed by atoms with E-state index >= 15 is 0 Å². The van der Waals surface area contributed by atoms with Gasteiger partial charge < -0.3 is 13.9 Å². The van der Waals surface area contributed by atoms with Gasteiger partial charge in [0.05, 0.1) is 25.7 Å². The summed E-state index contributed by atoms with van der Waals surface area (Å²) in [6.07, 6.45) is 1.99. The summed E-state index contributed by atoms with van der Waals surface area (Å²) in [5, 5.41) is 0. The van der Waals surface area contributed by atoms with Crippen molar-refractivity contribution in [1.82, 2.24) is 0 Å². The molecule has 6 nitrogen and oxygen atoms in total. The summed E-state index contributed by atoms with van der Waals surface area (Å²) in [5.74, 6) is -1.68. The van der Waals surface area contributed by atoms with Gasteiger partial charge in [-0.25, -0.2) is 0 Å². The molecule has 3 heterocycles. The van der Waals surface area contributed by atoms with Gasteiger partial charge in [-0.1, -0.05) is 18.2 Å². The number of benzene rings is 1. The predicted octanol–water partition coefficient (Wildman–Crippen LogP) is 2.84. The first-order valence-corrected chi connectivity index (χ1v) is 8.22. The van der Waals surface area contributed by atoms with E-state index < -0.39 is 23.5 Å². The number of ether oxygens (including phenoxy) is 2. The van der Waals surface area contributed by atoms with Crippen molar-refractivity contribution in [3.05, 3.63) is 54.0 Å². The summed E-state index contributed by atoms with van der Waals surface area (Å²) in [6, 6.07) is 11.1. The Hall–Kier alpha value is -2.60. The topological polar surface area (TPSA) is 69.0 Å². The molecule has 2 aliphatic rings. The highest BCUT2D eigenvalue weighted by Gasteiger charge is 2.55. The molecule has 25 heavy (non-hydrogen) atoms. The molecule has 2 aliphatic heterocycles. The molecular weight excluding hydrogens is 322 g/mol. The molecule has 1 aromatic carbocycles. The standard InChI is InChI=1S/C19H19NO5/c1-19-10-13(15-8-5-9-24-15)16(18(22)23-2)17(21)20(19)14-7-4-3-6-12(14)11-25-19/h3-9,13,16H,10-11H2,1-2H3/t13-,16-,19-/m1/s1. The quantitative estimate of drug-likeness (QED) is 0.621. The molecule has 4 rings (SSSR count). The highest BCUT2D eigenvalue weighted by atomic mass is 16.5. The van der Waals surface area contributed by atoms with Gasteiger partial charge in [0.25, 0.3) is 0 Å². The average molecular weight is 341 g/mol. The number of piperidine rings is 1. The zero-order valence-corrected chi connectivity index (χ0v) is 14.1. The summed E-state index contributed by atoms with van der Waals surface area (Å²) in [7, 11) is 1.29. The van der Waals surface area contributed by atoms with Crippen molar-refractivity contribution in [3.8, 4) is 0 Å². The first-order valence-electron chi connectivity index (χ1n) is 8.22. The lowest BCUT2D eigenvalue weighted by atomic mass is 9.77. The van der Waals surface area contributed by atoms with Gasteiger partial charge in [-0.05, 0) is 25.1 Å². The second-order valence-corrected chi connectivity index (χ2v) is 6.59. The maximum Gasteiger partial charge on any atom is 0.318 e. The smallest absolute Gasteiger partial charge is 0.318 e. The Morgan fingerprint density at radius 3 is 2.80 bits per heavy atom. The van der Waals surface area contributed by atoms with E-state index in [1.807, 2.05) is 31.2 Å². The van der Waals surface area contributed by atoms with Gasteiger partial charge in [0.1, 0.15) is 17.4 Å². The van der Waals surface area contributed by atoms with Crippen molar-refractivity contribution >= 4 is 17.6 Å². The maximum absolute atomic E-state index is 13.3. The third kappa shape index (κ3) is 2.36. The van der Waals surface area contributed by atoms with E-state index in [0.29, 0.717) is 18.8 Å². The van der Waals surface area contributed by atoms with Crippen molar-refractivity contribution in [2.24, 2.45) is 5.92 Å². The zero-order chi connectivity index (χ0) is 17.6. The molecule has 1 aromatic heterocycles. The summed E-state index contributed by atoms with van der Waals surface area (Å²) in [5.41, 5.74) is 0.870. The van der Waals surface area contributed by atoms with Crippen LogP contribution in [0.4, 0.5) is 5.69 Å². The third-order valence-electron chi connectivity index (χ3n) is 5.10. The Morgan fingerprint density at radius 2 is 2.08 bits per heavy atom. The molecule has 0 bridgehead atoms. The molecule has 0 spiro atoms. The molecule has 1 amide bonds. The molecule has 1 fully saturated rings. The lowest BCUT2D eigenvalue weighted by molar-refractivity contribution is -0.159. The molecule has 1 saturated heterocycles. The molecular formula is C19H19NO5. The Balaban J connectivity index is 1.83. The van der Waals surface area contributed by atoms with Crippen LogP contribution < -0.4 is 4.90 Å². The number of anilines is 1. The minimum absolute atomic E-state index is 0.325. The van der Waals surface area contributed by atoms with Crippen LogP contribution in [-0.2, 0) is 25.7 Å². The zero-order valence-electron chi connectivity index (χ0n) is 14.1. The number of amides is 1. The summed E-state index contributed by atoms with van der Waals surface area (Å²) < 4.78 is 16.5. The van der Waals surface area contributed by atoms with Gasteiger partial charge in [-0.2, -0.15) is 0 Å². The van der Waals surface area contributed by atoms with E-state index in [2.05, 4.69) is 0 Å². The Labute approximate surface area is 145 Å². The van der Waals surface area contributed by atoms with Crippen LogP contribution in [0.2, 0.25) is 0 Å². The minimum Gasteiger partial charge on any atom is -0.469 e. The number of furan rings is 1. The number of methoxy groups -OCH3 is 1. The van der Waals surface area contributed by atoms with E-state index in [1.165, 1.54) is 7.11 Å². The molecule has 6 heteroatoms. The van der Waals surface area contributed by atoms with Gasteiger partial charge >= 0.3 is 5.97 Å². The molecule has 0 unspecified atom stereocenters. The van der Waals surface area contributed by atoms with E-state index in [9.17, 15) is 9.59 Å². The SMILES string of the molecule is COC(=O)[C@H]1C(=O)N2c3ccccc3CO[C@]2(C)C[C@@H]1c1ccco1. The Bertz CT molecular complexity index is 815. The number of rotatable bonds is 2. The molecule has 0 aliphatic carbocycles. The molecule has 0 radical (unpaired) electrons. The van der Waals surface area contributed by atoms with Crippen molar-refractivity contribution in [2.75, 3.05) is 12.0 Å². The maximum atomic E-state index is 13.3. The van der Waals surface area contributed by atoms with E-state index in [1.54, 1.807) is 23.3 Å². The first-order chi connectivity index (χ1) is 12.0. The summed E-state index contributed by atoms with van der Waals surface area (Å²) in [6.45, 7) is 2.30. The number of carbonyl (C=O) groups excluding carboxylic acids is 2. The highest BCUT2D eigenvalue weighted by Crippen LogP contribution is 2.48. The molecule has 2 aromatic rings. The van der Waals surface area contributed by atoms with Gasteiger partial charge in [0.2, 0.25) is 5.91 Å². The Kier molecular flexibility index (Phi) is 3.65. The molecule has 130 valence electrons. The van der Waals surface area contributed by atoms with Gasteiger partial charge in [0.15, 0.2) is 0 Å². The van der Waals surface area contributed by atoms with E-state index in [0.717, 1.165) is 11.3 Å². The lowest BCUT2D eigenvalue weighted by Gasteiger charge is -2.51. The number of nitrogens with zero attached hydrogens (tertiary/aromatic N) is 1. The van der Waals surface area contributed by atoms with Gasteiger partial charge in [-0.3, -0.25) is 14.5 Å². The number of carbonyl (C=O) groups is 2. The van der Waals surface area contributed by atoms with E-state index in [-0.39, 0.29) is 5.91 Å². The number of para-hydroxylation sites is 1. The minimum atomic E-state index is -0.959. The largest absolute Gasteiger partial charge is 0.469 e. The van der Waals surface area contributed by atoms with Crippen LogP contribution in [-0.4, -0.2) is 24.7 Å². The van der Waals surface area contributed by atoms with Crippen LogP contribution in [0.25, 0.3) is 0 Å². The number of esters is 1. The number of hydrogen-bond acceptors (Lipinski definition) is 5. The summed E-state index contributed by atoms with van der Waals surface area (Å²) in [4.78, 5) is 27.4. The molecule has 0 saturated carbocycles. The van der Waals surface area contributed by atoms with Crippen LogP contribution >= 0.6 is 0 Å². The fourth-order valence-corrected chi connectivity index (χ4v) is 3.90. The lowest BCUT2D eigenvalue weighted by Crippen LogP contribution is -2.62. The fraction of sp³-hybridized carbons (Fsp3) is 0.368. The van der Waals surface area contributed by atoms with Gasteiger partial charge in [-0.15, -0.1) is 0 Å². The second-order valence-electron chi connectivity index (χ2n) is 6.59. The van der Waals surface area contributed by atoms with Crippen LogP contribution in [0.3, 0.4) is 0 Å². The third-order valence-corrected chi connectivity index (χ3v) is 5.10. The fourth-order valence-electron chi connectivity index (χ4n) is 3.90. The van der Waals surface area contributed by atoms with Crippen molar-refractivity contribution < 1.29 is 23.5 Å². The van der Waals surface area contributed by atoms with Crippen LogP contribution in [0.1, 0.15) is 30.6 Å². The molecule has 0 N–H and O–H groups in total. The first kappa shape index (κ1) is 15.9.